The summed E-state index contributed by atoms with van der Waals surface area (Å²) in [5, 5.41) is 5.49. The molecule has 29 heavy (non-hydrogen) atoms. The Kier molecular flexibility index (Phi) is 8.85. The Hall–Kier alpha value is -2.19. The molecular weight excluding hydrogens is 504 g/mol. The summed E-state index contributed by atoms with van der Waals surface area (Å²) >= 11 is 6.77. The highest BCUT2D eigenvalue weighted by Gasteiger charge is 2.11. The number of carbonyl (C=O) groups excluding carboxylic acids is 3. The van der Waals surface area contributed by atoms with Crippen LogP contribution in [0.5, 0.6) is 0 Å². The first kappa shape index (κ1) is 23.1. The Morgan fingerprint density at radius 1 is 0.897 bits per heavy atom. The number of rotatable bonds is 8. The molecule has 2 aromatic rings. The SMILES string of the molecule is Cc1cc(NC(=O)COC(=O)CCCC(=O)Nc2ccc(Br)cc2)c(C)cc1Br. The second-order valence-electron chi connectivity index (χ2n) is 6.53. The van der Waals surface area contributed by atoms with Gasteiger partial charge in [-0.05, 0) is 67.8 Å². The molecule has 2 aromatic carbocycles. The van der Waals surface area contributed by atoms with Crippen molar-refractivity contribution in [2.75, 3.05) is 17.2 Å². The number of anilines is 2. The summed E-state index contributed by atoms with van der Waals surface area (Å²) < 4.78 is 6.87. The summed E-state index contributed by atoms with van der Waals surface area (Å²) in [4.78, 5) is 35.7. The zero-order chi connectivity index (χ0) is 21.4. The molecule has 0 unspecified atom stereocenters. The van der Waals surface area contributed by atoms with E-state index in [1.165, 1.54) is 0 Å². The first-order chi connectivity index (χ1) is 13.7. The molecule has 6 nitrogen and oxygen atoms in total. The van der Waals surface area contributed by atoms with Crippen molar-refractivity contribution in [3.8, 4) is 0 Å². The highest BCUT2D eigenvalue weighted by molar-refractivity contribution is 9.10. The van der Waals surface area contributed by atoms with Crippen LogP contribution in [0.2, 0.25) is 0 Å². The minimum atomic E-state index is -0.514. The predicted octanol–water partition coefficient (Wildman–Crippen LogP) is 5.12. The van der Waals surface area contributed by atoms with E-state index in [9.17, 15) is 14.4 Å². The summed E-state index contributed by atoms with van der Waals surface area (Å²) in [6, 6.07) is 11.0. The lowest BCUT2D eigenvalue weighted by molar-refractivity contribution is -0.147. The van der Waals surface area contributed by atoms with Crippen LogP contribution in [-0.4, -0.2) is 24.4 Å². The Labute approximate surface area is 186 Å². The molecule has 0 saturated heterocycles. The van der Waals surface area contributed by atoms with Crippen molar-refractivity contribution in [3.05, 3.63) is 56.5 Å². The Morgan fingerprint density at radius 3 is 2.28 bits per heavy atom. The lowest BCUT2D eigenvalue weighted by Gasteiger charge is -2.11. The fraction of sp³-hybridized carbons (Fsp3) is 0.286. The Morgan fingerprint density at radius 2 is 1.59 bits per heavy atom. The topological polar surface area (TPSA) is 84.5 Å². The molecule has 0 saturated carbocycles. The number of benzene rings is 2. The van der Waals surface area contributed by atoms with Gasteiger partial charge in [0.15, 0.2) is 6.61 Å². The molecule has 0 bridgehead atoms. The molecule has 2 rings (SSSR count). The predicted molar refractivity (Wildman–Crippen MR) is 120 cm³/mol. The van der Waals surface area contributed by atoms with Gasteiger partial charge in [-0.3, -0.25) is 14.4 Å². The van der Waals surface area contributed by atoms with Gasteiger partial charge < -0.3 is 15.4 Å². The largest absolute Gasteiger partial charge is 0.456 e. The smallest absolute Gasteiger partial charge is 0.306 e. The molecule has 154 valence electrons. The third-order valence-electron chi connectivity index (χ3n) is 4.06. The van der Waals surface area contributed by atoms with E-state index in [1.54, 1.807) is 12.1 Å². The normalized spacial score (nSPS) is 10.3. The lowest BCUT2D eigenvalue weighted by atomic mass is 10.1. The molecule has 0 aromatic heterocycles. The molecule has 0 spiro atoms. The number of carbonyl (C=O) groups is 3. The van der Waals surface area contributed by atoms with E-state index in [1.807, 2.05) is 38.1 Å². The zero-order valence-electron chi connectivity index (χ0n) is 16.2. The maximum atomic E-state index is 12.0. The fourth-order valence-corrected chi connectivity index (χ4v) is 3.19. The van der Waals surface area contributed by atoms with Gasteiger partial charge in [-0.2, -0.15) is 0 Å². The first-order valence-electron chi connectivity index (χ1n) is 9.02. The van der Waals surface area contributed by atoms with E-state index in [-0.39, 0.29) is 25.4 Å². The van der Waals surface area contributed by atoms with Gasteiger partial charge in [-0.25, -0.2) is 0 Å². The van der Waals surface area contributed by atoms with E-state index in [4.69, 9.17) is 4.74 Å². The maximum Gasteiger partial charge on any atom is 0.306 e. The number of amides is 2. The molecule has 2 N–H and O–H groups in total. The summed E-state index contributed by atoms with van der Waals surface area (Å²) in [6.45, 7) is 3.44. The van der Waals surface area contributed by atoms with Gasteiger partial charge >= 0.3 is 5.97 Å². The van der Waals surface area contributed by atoms with E-state index >= 15 is 0 Å². The molecule has 0 radical (unpaired) electrons. The van der Waals surface area contributed by atoms with Crippen LogP contribution in [0.1, 0.15) is 30.4 Å². The van der Waals surface area contributed by atoms with E-state index in [0.717, 1.165) is 20.1 Å². The van der Waals surface area contributed by atoms with Crippen molar-refractivity contribution in [1.29, 1.82) is 0 Å². The maximum absolute atomic E-state index is 12.0. The van der Waals surface area contributed by atoms with E-state index < -0.39 is 11.9 Å². The third-order valence-corrected chi connectivity index (χ3v) is 5.44. The Balaban J connectivity index is 1.67. The van der Waals surface area contributed by atoms with Crippen molar-refractivity contribution in [2.24, 2.45) is 0 Å². The average Bonchev–Trinajstić information content (AvgIpc) is 2.66. The van der Waals surface area contributed by atoms with E-state index in [0.29, 0.717) is 17.8 Å². The number of ether oxygens (including phenoxy) is 1. The fourth-order valence-electron chi connectivity index (χ4n) is 2.47. The number of aryl methyl sites for hydroxylation is 2. The minimum absolute atomic E-state index is 0.0669. The van der Waals surface area contributed by atoms with Crippen LogP contribution in [0.4, 0.5) is 11.4 Å². The van der Waals surface area contributed by atoms with Crippen LogP contribution in [0.15, 0.2) is 45.3 Å². The second kappa shape index (κ2) is 11.1. The molecule has 0 fully saturated rings. The molecule has 0 heterocycles. The van der Waals surface area contributed by atoms with Crippen molar-refractivity contribution in [3.63, 3.8) is 0 Å². The number of esters is 1. The standard InChI is InChI=1S/C21H22Br2N2O4/c1-13-11-18(14(2)10-17(13)23)25-20(27)12-29-21(28)5-3-4-19(26)24-16-8-6-15(22)7-9-16/h6-11H,3-5,12H2,1-2H3,(H,24,26)(H,25,27). The monoisotopic (exact) mass is 524 g/mol. The summed E-state index contributed by atoms with van der Waals surface area (Å²) in [5.74, 6) is -1.10. The minimum Gasteiger partial charge on any atom is -0.456 e. The van der Waals surface area contributed by atoms with Crippen molar-refractivity contribution in [1.82, 2.24) is 0 Å². The Bertz CT molecular complexity index is 898. The lowest BCUT2D eigenvalue weighted by Crippen LogP contribution is -2.21. The van der Waals surface area contributed by atoms with Gasteiger partial charge in [-0.1, -0.05) is 31.9 Å². The number of hydrogen-bond donors (Lipinski definition) is 2. The number of nitrogens with one attached hydrogen (secondary N) is 2. The summed E-state index contributed by atoms with van der Waals surface area (Å²) in [7, 11) is 0. The van der Waals surface area contributed by atoms with Gasteiger partial charge in [-0.15, -0.1) is 0 Å². The average molecular weight is 526 g/mol. The van der Waals surface area contributed by atoms with Gasteiger partial charge in [0.1, 0.15) is 0 Å². The van der Waals surface area contributed by atoms with Crippen LogP contribution in [0.3, 0.4) is 0 Å². The molecule has 0 aliphatic rings. The molecule has 0 atom stereocenters. The second-order valence-corrected chi connectivity index (χ2v) is 8.30. The van der Waals surface area contributed by atoms with Gasteiger partial charge in [0.2, 0.25) is 5.91 Å². The first-order valence-corrected chi connectivity index (χ1v) is 10.6. The van der Waals surface area contributed by atoms with Crippen molar-refractivity contribution < 1.29 is 19.1 Å². The van der Waals surface area contributed by atoms with Crippen molar-refractivity contribution in [2.45, 2.75) is 33.1 Å². The quantitative estimate of drug-likeness (QED) is 0.468. The molecule has 2 amide bonds. The van der Waals surface area contributed by atoms with Gasteiger partial charge in [0.25, 0.3) is 5.91 Å². The van der Waals surface area contributed by atoms with Crippen molar-refractivity contribution >= 4 is 61.0 Å². The molecule has 0 aliphatic carbocycles. The zero-order valence-corrected chi connectivity index (χ0v) is 19.4. The van der Waals surface area contributed by atoms with Crippen LogP contribution < -0.4 is 10.6 Å². The highest BCUT2D eigenvalue weighted by Crippen LogP contribution is 2.24. The highest BCUT2D eigenvalue weighted by atomic mass is 79.9. The molecular formula is C21H22Br2N2O4. The number of hydrogen-bond acceptors (Lipinski definition) is 4. The van der Waals surface area contributed by atoms with Crippen LogP contribution in [-0.2, 0) is 19.1 Å². The van der Waals surface area contributed by atoms with Crippen LogP contribution in [0, 0.1) is 13.8 Å². The molecule has 0 aliphatic heterocycles. The summed E-state index contributed by atoms with van der Waals surface area (Å²) in [5.41, 5.74) is 3.26. The molecule has 8 heteroatoms. The van der Waals surface area contributed by atoms with Gasteiger partial charge in [0, 0.05) is 33.2 Å². The summed E-state index contributed by atoms with van der Waals surface area (Å²) in [6.07, 6.45) is 0.597. The van der Waals surface area contributed by atoms with Crippen LogP contribution in [0.25, 0.3) is 0 Å². The van der Waals surface area contributed by atoms with Gasteiger partial charge in [0.05, 0.1) is 0 Å². The third kappa shape index (κ3) is 7.98. The van der Waals surface area contributed by atoms with Crippen LogP contribution >= 0.6 is 31.9 Å². The van der Waals surface area contributed by atoms with E-state index in [2.05, 4.69) is 42.5 Å². The number of halogens is 2.